The van der Waals surface area contributed by atoms with Gasteiger partial charge in [0.1, 0.15) is 11.0 Å². The number of benzene rings is 3. The molecule has 0 aliphatic rings. The molecule has 0 unspecified atom stereocenters. The molecule has 0 fully saturated rings. The number of imidazole rings is 1. The first-order chi connectivity index (χ1) is 17.9. The molecule has 0 spiro atoms. The van der Waals surface area contributed by atoms with Crippen molar-refractivity contribution >= 4 is 51.1 Å². The minimum Gasteiger partial charge on any atom is -0.491 e. The van der Waals surface area contributed by atoms with E-state index in [1.807, 2.05) is 13.0 Å². The minimum absolute atomic E-state index is 0.00150. The van der Waals surface area contributed by atoms with Gasteiger partial charge in [-0.1, -0.05) is 19.1 Å². The van der Waals surface area contributed by atoms with Crippen LogP contribution in [0.4, 0.5) is 4.39 Å². The molecule has 0 radical (unpaired) electrons. The van der Waals surface area contributed by atoms with Crippen LogP contribution in [-0.2, 0) is 11.2 Å². The van der Waals surface area contributed by atoms with Crippen LogP contribution in [0.5, 0.6) is 5.75 Å². The van der Waals surface area contributed by atoms with Gasteiger partial charge in [-0.3, -0.25) is 4.79 Å². The summed E-state index contributed by atoms with van der Waals surface area (Å²) in [6.45, 7) is 2.24. The van der Waals surface area contributed by atoms with Crippen LogP contribution in [0.25, 0.3) is 27.6 Å². The zero-order chi connectivity index (χ0) is 25.9. The second-order valence-corrected chi connectivity index (χ2v) is 8.91. The maximum absolute atomic E-state index is 14.8. The number of H-pyrrole nitrogens is 1. The van der Waals surface area contributed by atoms with Gasteiger partial charge < -0.3 is 14.8 Å². The Labute approximate surface area is 214 Å². The van der Waals surface area contributed by atoms with Gasteiger partial charge >= 0.3 is 5.97 Å². The lowest BCUT2D eigenvalue weighted by Crippen LogP contribution is -2.14. The van der Waals surface area contributed by atoms with E-state index < -0.39 is 17.6 Å². The van der Waals surface area contributed by atoms with Crippen molar-refractivity contribution in [3.05, 3.63) is 89.0 Å². The minimum atomic E-state index is -1.28. The van der Waals surface area contributed by atoms with Gasteiger partial charge in [0.15, 0.2) is 17.3 Å². The standard InChI is InChI=1S/C27H21FN4O4S/c1-2-9-36-24-8-5-17(12-19(24)28)26(33)18(10-15-3-6-20-22(11-15)30-14-29-20)25(27(34)35)16-4-7-21-23(13-16)32-37-31-21/h3-8,11-14H,2,9-10H2,1H3,(H,29,30)(H,34,35). The molecule has 0 aliphatic heterocycles. The molecule has 0 atom stereocenters. The van der Waals surface area contributed by atoms with E-state index in [1.54, 1.807) is 36.7 Å². The van der Waals surface area contributed by atoms with Crippen LogP contribution in [0.1, 0.15) is 34.8 Å². The Bertz CT molecular complexity index is 1670. The van der Waals surface area contributed by atoms with Crippen molar-refractivity contribution in [2.24, 2.45) is 0 Å². The lowest BCUT2D eigenvalue weighted by Gasteiger charge is -2.14. The lowest BCUT2D eigenvalue weighted by molar-refractivity contribution is -0.130. The molecule has 2 N–H and O–H groups in total. The Hall–Kier alpha value is -4.44. The predicted molar refractivity (Wildman–Crippen MR) is 138 cm³/mol. The number of rotatable bonds is 9. The Morgan fingerprint density at radius 1 is 1.00 bits per heavy atom. The van der Waals surface area contributed by atoms with Crippen LogP contribution < -0.4 is 4.74 Å². The van der Waals surface area contributed by atoms with E-state index in [9.17, 15) is 19.1 Å². The number of carbonyl (C=O) groups excluding carboxylic acids is 1. The van der Waals surface area contributed by atoms with Crippen LogP contribution in [0.15, 0.2) is 66.5 Å². The van der Waals surface area contributed by atoms with E-state index in [0.717, 1.165) is 28.8 Å². The molecule has 0 bridgehead atoms. The van der Waals surface area contributed by atoms with Crippen molar-refractivity contribution in [2.45, 2.75) is 19.8 Å². The third-order valence-corrected chi connectivity index (χ3v) is 6.41. The van der Waals surface area contributed by atoms with Crippen molar-refractivity contribution in [3.8, 4) is 5.75 Å². The summed E-state index contributed by atoms with van der Waals surface area (Å²) in [5.74, 6) is -2.53. The van der Waals surface area contributed by atoms with Gasteiger partial charge in [0, 0.05) is 17.6 Å². The number of Topliss-reactive ketones (excluding diaryl/α,β-unsaturated/α-hetero) is 1. The topological polar surface area (TPSA) is 118 Å². The monoisotopic (exact) mass is 516 g/mol. The molecular formula is C27H21FN4O4S. The largest absolute Gasteiger partial charge is 0.491 e. The van der Waals surface area contributed by atoms with Crippen LogP contribution in [0.2, 0.25) is 0 Å². The number of nitrogens with zero attached hydrogens (tertiary/aromatic N) is 3. The normalized spacial score (nSPS) is 12.1. The maximum Gasteiger partial charge on any atom is 0.336 e. The van der Waals surface area contributed by atoms with E-state index >= 15 is 0 Å². The number of ketones is 1. The second kappa shape index (κ2) is 10.3. The number of carbonyl (C=O) groups is 2. The first kappa shape index (κ1) is 24.3. The number of hydrogen-bond acceptors (Lipinski definition) is 7. The Morgan fingerprint density at radius 2 is 1.78 bits per heavy atom. The van der Waals surface area contributed by atoms with Crippen LogP contribution in [0, 0.1) is 5.82 Å². The van der Waals surface area contributed by atoms with E-state index in [0.29, 0.717) is 35.2 Å². The number of halogens is 1. The van der Waals surface area contributed by atoms with Gasteiger partial charge in [0.25, 0.3) is 0 Å². The number of carboxylic acid groups (broad SMARTS) is 1. The number of aliphatic carboxylic acids is 1. The zero-order valence-electron chi connectivity index (χ0n) is 19.7. The van der Waals surface area contributed by atoms with Crippen molar-refractivity contribution in [3.63, 3.8) is 0 Å². The molecule has 37 heavy (non-hydrogen) atoms. The van der Waals surface area contributed by atoms with Gasteiger partial charge in [-0.2, -0.15) is 8.75 Å². The number of ether oxygens (including phenoxy) is 1. The molecule has 2 heterocycles. The first-order valence-corrected chi connectivity index (χ1v) is 12.3. The molecule has 186 valence electrons. The fraction of sp³-hybridized carbons (Fsp3) is 0.148. The van der Waals surface area contributed by atoms with Crippen molar-refractivity contribution < 1.29 is 23.8 Å². The summed E-state index contributed by atoms with van der Waals surface area (Å²) in [7, 11) is 0. The molecular weight excluding hydrogens is 495 g/mol. The van der Waals surface area contributed by atoms with Crippen LogP contribution in [-0.4, -0.2) is 42.2 Å². The predicted octanol–water partition coefficient (Wildman–Crippen LogP) is 5.46. The highest BCUT2D eigenvalue weighted by molar-refractivity contribution is 7.00. The average molecular weight is 517 g/mol. The summed E-state index contributed by atoms with van der Waals surface area (Å²) in [4.78, 5) is 33.6. The third-order valence-electron chi connectivity index (χ3n) is 5.85. The highest BCUT2D eigenvalue weighted by Crippen LogP contribution is 2.29. The first-order valence-electron chi connectivity index (χ1n) is 11.5. The smallest absolute Gasteiger partial charge is 0.336 e. The van der Waals surface area contributed by atoms with Gasteiger partial charge in [0.2, 0.25) is 0 Å². The number of allylic oxidation sites excluding steroid dienone is 1. The summed E-state index contributed by atoms with van der Waals surface area (Å²) < 4.78 is 28.5. The van der Waals surface area contributed by atoms with Gasteiger partial charge in [-0.15, -0.1) is 0 Å². The summed E-state index contributed by atoms with van der Waals surface area (Å²) >= 11 is 1.01. The summed E-state index contributed by atoms with van der Waals surface area (Å²) in [6, 6.07) is 14.2. The summed E-state index contributed by atoms with van der Waals surface area (Å²) in [5, 5.41) is 10.3. The molecule has 0 saturated carbocycles. The molecule has 3 aromatic carbocycles. The van der Waals surface area contributed by atoms with Crippen molar-refractivity contribution in [1.29, 1.82) is 0 Å². The van der Waals surface area contributed by atoms with E-state index in [1.165, 1.54) is 12.1 Å². The fourth-order valence-corrected chi connectivity index (χ4v) is 4.61. The molecule has 8 nitrogen and oxygen atoms in total. The third kappa shape index (κ3) is 4.96. The summed E-state index contributed by atoms with van der Waals surface area (Å²) in [5.41, 5.74) is 3.49. The Morgan fingerprint density at radius 3 is 2.57 bits per heavy atom. The molecule has 5 aromatic rings. The number of aromatic nitrogens is 4. The number of hydrogen-bond donors (Lipinski definition) is 2. The van der Waals surface area contributed by atoms with E-state index in [2.05, 4.69) is 18.7 Å². The van der Waals surface area contributed by atoms with Gasteiger partial charge in [0.05, 0.1) is 41.3 Å². The maximum atomic E-state index is 14.8. The van der Waals surface area contributed by atoms with Crippen molar-refractivity contribution in [1.82, 2.24) is 18.7 Å². The van der Waals surface area contributed by atoms with Crippen molar-refractivity contribution in [2.75, 3.05) is 6.61 Å². The number of nitrogens with one attached hydrogen (secondary N) is 1. The number of aromatic amines is 1. The average Bonchev–Trinajstić information content (AvgIpc) is 3.55. The highest BCUT2D eigenvalue weighted by Gasteiger charge is 2.25. The fourth-order valence-electron chi connectivity index (χ4n) is 4.09. The van der Waals surface area contributed by atoms with E-state index in [4.69, 9.17) is 4.74 Å². The summed E-state index contributed by atoms with van der Waals surface area (Å²) in [6.07, 6.45) is 2.26. The Kier molecular flexibility index (Phi) is 6.74. The van der Waals surface area contributed by atoms with Crippen LogP contribution in [0.3, 0.4) is 0 Å². The molecule has 2 aromatic heterocycles. The lowest BCUT2D eigenvalue weighted by atomic mass is 9.89. The molecule has 0 saturated heterocycles. The van der Waals surface area contributed by atoms with Crippen LogP contribution >= 0.6 is 11.7 Å². The van der Waals surface area contributed by atoms with Gasteiger partial charge in [-0.25, -0.2) is 14.2 Å². The highest BCUT2D eigenvalue weighted by atomic mass is 32.1. The number of fused-ring (bicyclic) bond motifs is 2. The quantitative estimate of drug-likeness (QED) is 0.197. The molecule has 5 rings (SSSR count). The molecule has 10 heteroatoms. The van der Waals surface area contributed by atoms with Gasteiger partial charge in [-0.05, 0) is 60.0 Å². The number of carboxylic acids is 1. The van der Waals surface area contributed by atoms with E-state index in [-0.39, 0.29) is 28.9 Å². The zero-order valence-corrected chi connectivity index (χ0v) is 20.5. The Balaban J connectivity index is 1.65. The molecule has 0 aliphatic carbocycles. The second-order valence-electron chi connectivity index (χ2n) is 8.38. The molecule has 0 amide bonds. The SMILES string of the molecule is CCCOc1ccc(C(=O)C(Cc2ccc3nc[nH]c3c2)=C(C(=O)O)c2ccc3nsnc3c2)cc1F.